The van der Waals surface area contributed by atoms with E-state index in [0.29, 0.717) is 30.3 Å². The summed E-state index contributed by atoms with van der Waals surface area (Å²) >= 11 is 0. The first-order valence-corrected chi connectivity index (χ1v) is 9.65. The lowest BCUT2D eigenvalue weighted by atomic mass is 10.0. The van der Waals surface area contributed by atoms with Gasteiger partial charge in [0.1, 0.15) is 12.0 Å². The first-order valence-electron chi connectivity index (χ1n) is 9.65. The normalized spacial score (nSPS) is 12.8. The van der Waals surface area contributed by atoms with Crippen molar-refractivity contribution in [3.05, 3.63) is 71.2 Å². The molecule has 4 aromatic rings. The Bertz CT molecular complexity index is 1260. The molecule has 3 aromatic heterocycles. The fourth-order valence-electron chi connectivity index (χ4n) is 3.66. The molecule has 8 heteroatoms. The van der Waals surface area contributed by atoms with Gasteiger partial charge in [0, 0.05) is 37.4 Å². The fraction of sp³-hybridized carbons (Fsp3) is 0.227. The van der Waals surface area contributed by atoms with Gasteiger partial charge in [-0.25, -0.2) is 4.98 Å². The van der Waals surface area contributed by atoms with Crippen molar-refractivity contribution >= 4 is 17.4 Å². The van der Waals surface area contributed by atoms with Crippen LogP contribution in [-0.2, 0) is 19.9 Å². The molecule has 3 heterocycles. The molecule has 1 aliphatic rings. The number of rotatable bonds is 6. The summed E-state index contributed by atoms with van der Waals surface area (Å²) in [7, 11) is 1.85. The zero-order valence-electron chi connectivity index (χ0n) is 16.6. The van der Waals surface area contributed by atoms with Gasteiger partial charge in [-0.05, 0) is 36.3 Å². The number of nitrogens with zero attached hydrogens (tertiary/aromatic N) is 5. The number of benzene rings is 1. The number of ketones is 1. The molecule has 0 atom stereocenters. The minimum Gasteiger partial charge on any atom is -0.451 e. The highest BCUT2D eigenvalue weighted by atomic mass is 16.5. The van der Waals surface area contributed by atoms with Crippen molar-refractivity contribution in [2.75, 3.05) is 0 Å². The molecule has 0 unspecified atom stereocenters. The topological polar surface area (TPSA) is 99.8 Å². The fourth-order valence-corrected chi connectivity index (χ4v) is 3.66. The van der Waals surface area contributed by atoms with E-state index in [1.165, 1.54) is 12.0 Å². The smallest absolute Gasteiger partial charge is 0.254 e. The highest BCUT2D eigenvalue weighted by Gasteiger charge is 2.20. The molecule has 0 aliphatic heterocycles. The van der Waals surface area contributed by atoms with E-state index in [1.807, 2.05) is 13.1 Å². The van der Waals surface area contributed by atoms with Crippen molar-refractivity contribution < 1.29 is 13.7 Å². The van der Waals surface area contributed by atoms with E-state index in [9.17, 15) is 4.79 Å². The molecule has 150 valence electrons. The number of allylic oxidation sites excluding steroid dienone is 1. The van der Waals surface area contributed by atoms with Gasteiger partial charge in [-0.15, -0.1) is 0 Å². The van der Waals surface area contributed by atoms with Crippen LogP contribution in [0.4, 0.5) is 0 Å². The SMILES string of the molecule is Cc1noc(C2=Cc3cc(-c4cc(C(=O)CCc5cocn5)nn4C)ccc3C2)n1. The van der Waals surface area contributed by atoms with Crippen molar-refractivity contribution in [3.8, 4) is 11.3 Å². The second kappa shape index (κ2) is 7.22. The maximum atomic E-state index is 12.6. The molecule has 0 saturated heterocycles. The van der Waals surface area contributed by atoms with Gasteiger partial charge >= 0.3 is 0 Å². The van der Waals surface area contributed by atoms with E-state index in [1.54, 1.807) is 17.9 Å². The number of aryl methyl sites for hydroxylation is 3. The molecule has 0 spiro atoms. The zero-order valence-corrected chi connectivity index (χ0v) is 16.6. The molecule has 0 N–H and O–H groups in total. The summed E-state index contributed by atoms with van der Waals surface area (Å²) < 4.78 is 12.0. The Labute approximate surface area is 172 Å². The third-order valence-corrected chi connectivity index (χ3v) is 5.21. The summed E-state index contributed by atoms with van der Waals surface area (Å²) in [6.07, 6.45) is 6.62. The minimum atomic E-state index is -0.0186. The molecule has 0 bridgehead atoms. The van der Waals surface area contributed by atoms with Crippen molar-refractivity contribution in [2.45, 2.75) is 26.2 Å². The Morgan fingerprint density at radius 2 is 2.17 bits per heavy atom. The van der Waals surface area contributed by atoms with Gasteiger partial charge in [-0.3, -0.25) is 9.48 Å². The average Bonchev–Trinajstić information content (AvgIpc) is 3.51. The highest BCUT2D eigenvalue weighted by molar-refractivity contribution is 5.95. The third kappa shape index (κ3) is 3.36. The molecule has 8 nitrogen and oxygen atoms in total. The van der Waals surface area contributed by atoms with Crippen LogP contribution in [0, 0.1) is 6.92 Å². The van der Waals surface area contributed by atoms with Crippen LogP contribution in [0.1, 0.15) is 45.4 Å². The number of hydrogen-bond acceptors (Lipinski definition) is 7. The molecular weight excluding hydrogens is 382 g/mol. The summed E-state index contributed by atoms with van der Waals surface area (Å²) in [4.78, 5) is 20.9. The van der Waals surface area contributed by atoms with Crippen molar-refractivity contribution in [1.82, 2.24) is 24.9 Å². The average molecular weight is 401 g/mol. The van der Waals surface area contributed by atoms with E-state index in [2.05, 4.69) is 44.5 Å². The van der Waals surface area contributed by atoms with Gasteiger partial charge in [-0.1, -0.05) is 17.3 Å². The predicted molar refractivity (Wildman–Crippen MR) is 108 cm³/mol. The summed E-state index contributed by atoms with van der Waals surface area (Å²) in [6.45, 7) is 1.81. The van der Waals surface area contributed by atoms with E-state index in [0.717, 1.165) is 34.5 Å². The lowest BCUT2D eigenvalue weighted by molar-refractivity contribution is 0.0977. The maximum Gasteiger partial charge on any atom is 0.254 e. The van der Waals surface area contributed by atoms with Crippen molar-refractivity contribution in [3.63, 3.8) is 0 Å². The number of carbonyl (C=O) groups excluding carboxylic acids is 1. The molecule has 0 saturated carbocycles. The number of hydrogen-bond donors (Lipinski definition) is 0. The Hall–Kier alpha value is -3.81. The second-order valence-electron chi connectivity index (χ2n) is 7.35. The van der Waals surface area contributed by atoms with Crippen LogP contribution in [0.15, 0.2) is 45.9 Å². The summed E-state index contributed by atoms with van der Waals surface area (Å²) in [5, 5.41) is 8.29. The highest BCUT2D eigenvalue weighted by Crippen LogP contribution is 2.33. The van der Waals surface area contributed by atoms with Crippen LogP contribution < -0.4 is 0 Å². The first-order chi connectivity index (χ1) is 14.6. The van der Waals surface area contributed by atoms with Crippen LogP contribution in [-0.4, -0.2) is 30.7 Å². The predicted octanol–water partition coefficient (Wildman–Crippen LogP) is 3.68. The number of oxazole rings is 1. The number of fused-ring (bicyclic) bond motifs is 1. The quantitative estimate of drug-likeness (QED) is 0.454. The second-order valence-corrected chi connectivity index (χ2v) is 7.35. The Morgan fingerprint density at radius 1 is 1.27 bits per heavy atom. The van der Waals surface area contributed by atoms with Gasteiger partial charge in [0.2, 0.25) is 0 Å². The lowest BCUT2D eigenvalue weighted by Crippen LogP contribution is -2.03. The standard InChI is InChI=1S/C22H19N5O3/c1-13-24-22(30-26-13)17-7-14-3-4-15(8-16(14)9-17)20-10-19(25-27(20)2)21(28)6-5-18-11-29-12-23-18/h3-4,8-12H,5-7H2,1-2H3. The van der Waals surface area contributed by atoms with E-state index in [4.69, 9.17) is 8.94 Å². The van der Waals surface area contributed by atoms with Crippen LogP contribution in [0.2, 0.25) is 0 Å². The molecule has 0 fully saturated rings. The van der Waals surface area contributed by atoms with Gasteiger partial charge in [0.05, 0.1) is 11.4 Å². The molecule has 1 aromatic carbocycles. The summed E-state index contributed by atoms with van der Waals surface area (Å²) in [6, 6.07) is 8.09. The first kappa shape index (κ1) is 18.2. The zero-order chi connectivity index (χ0) is 20.7. The van der Waals surface area contributed by atoms with Crippen molar-refractivity contribution in [1.29, 1.82) is 0 Å². The van der Waals surface area contributed by atoms with Gasteiger partial charge in [-0.2, -0.15) is 10.1 Å². The molecule has 5 rings (SSSR count). The van der Waals surface area contributed by atoms with Gasteiger partial charge in [0.15, 0.2) is 18.0 Å². The van der Waals surface area contributed by atoms with Crippen molar-refractivity contribution in [2.24, 2.45) is 7.05 Å². The third-order valence-electron chi connectivity index (χ3n) is 5.21. The van der Waals surface area contributed by atoms with Crippen LogP contribution in [0.25, 0.3) is 22.9 Å². The Morgan fingerprint density at radius 3 is 2.93 bits per heavy atom. The van der Waals surface area contributed by atoms with E-state index < -0.39 is 0 Å². The van der Waals surface area contributed by atoms with E-state index >= 15 is 0 Å². The Balaban J connectivity index is 1.38. The largest absolute Gasteiger partial charge is 0.451 e. The maximum absolute atomic E-state index is 12.6. The minimum absolute atomic E-state index is 0.0186. The van der Waals surface area contributed by atoms with Gasteiger partial charge in [0.25, 0.3) is 5.89 Å². The van der Waals surface area contributed by atoms with Crippen LogP contribution >= 0.6 is 0 Å². The number of aromatic nitrogens is 5. The molecule has 0 radical (unpaired) electrons. The number of carbonyl (C=O) groups is 1. The number of Topliss-reactive ketones (excluding diaryl/α,β-unsaturated/α-hetero) is 1. The molecular formula is C22H19N5O3. The van der Waals surface area contributed by atoms with E-state index in [-0.39, 0.29) is 5.78 Å². The molecule has 0 amide bonds. The van der Waals surface area contributed by atoms with Gasteiger partial charge < -0.3 is 8.94 Å². The van der Waals surface area contributed by atoms with Crippen LogP contribution in [0.5, 0.6) is 0 Å². The summed E-state index contributed by atoms with van der Waals surface area (Å²) in [5.41, 5.74) is 6.42. The summed E-state index contributed by atoms with van der Waals surface area (Å²) in [5.74, 6) is 1.17. The molecule has 30 heavy (non-hydrogen) atoms. The Kier molecular flexibility index (Phi) is 4.39. The molecule has 1 aliphatic carbocycles. The van der Waals surface area contributed by atoms with Crippen LogP contribution in [0.3, 0.4) is 0 Å². The lowest BCUT2D eigenvalue weighted by Gasteiger charge is -2.04. The monoisotopic (exact) mass is 401 g/mol.